The van der Waals surface area contributed by atoms with Gasteiger partial charge in [0, 0.05) is 32.9 Å². The fourth-order valence-electron chi connectivity index (χ4n) is 0.911. The standard InChI is InChI=1S/C11H15O/c1-9-5-7-10(8-6-9)12-11(2,3)4/h5-8H,1H2,2-4H3/q+1. The third-order valence-corrected chi connectivity index (χ3v) is 1.35. The van der Waals surface area contributed by atoms with Crippen molar-refractivity contribution >= 4 is 5.78 Å². The Bertz CT molecular complexity index is 254. The maximum Gasteiger partial charge on any atom is 0.344 e. The molecule has 64 valence electrons. The molecule has 0 saturated carbocycles. The van der Waals surface area contributed by atoms with E-state index in [9.17, 15) is 0 Å². The van der Waals surface area contributed by atoms with E-state index in [0.29, 0.717) is 0 Å². The van der Waals surface area contributed by atoms with Crippen molar-refractivity contribution in [3.63, 3.8) is 0 Å². The lowest BCUT2D eigenvalue weighted by molar-refractivity contribution is -0.537. The van der Waals surface area contributed by atoms with Crippen molar-refractivity contribution in [2.24, 2.45) is 0 Å². The number of carbonyl (C=O) groups excluding carboxylic acids is 1. The monoisotopic (exact) mass is 163 g/mol. The van der Waals surface area contributed by atoms with E-state index in [0.717, 1.165) is 11.4 Å². The van der Waals surface area contributed by atoms with Gasteiger partial charge in [0.15, 0.2) is 0 Å². The van der Waals surface area contributed by atoms with Gasteiger partial charge in [-0.05, 0) is 17.7 Å². The predicted molar refractivity (Wildman–Crippen MR) is 52.2 cm³/mol. The van der Waals surface area contributed by atoms with Gasteiger partial charge in [0.25, 0.3) is 5.60 Å². The molecule has 0 fully saturated rings. The SMILES string of the molecule is C=C1C=CC(=[O+]C(C)(C)C)C=C1. The molecule has 1 nitrogen and oxygen atoms in total. The molecule has 0 amide bonds. The van der Waals surface area contributed by atoms with Gasteiger partial charge in [-0.3, -0.25) is 0 Å². The molecule has 0 aromatic rings. The van der Waals surface area contributed by atoms with Crippen LogP contribution in [0, 0.1) is 0 Å². The summed E-state index contributed by atoms with van der Waals surface area (Å²) in [5.74, 6) is 0.898. The van der Waals surface area contributed by atoms with Crippen molar-refractivity contribution in [1.82, 2.24) is 0 Å². The summed E-state index contributed by atoms with van der Waals surface area (Å²) < 4.78 is 5.63. The van der Waals surface area contributed by atoms with Gasteiger partial charge >= 0.3 is 5.78 Å². The highest BCUT2D eigenvalue weighted by Crippen LogP contribution is 2.07. The van der Waals surface area contributed by atoms with Gasteiger partial charge in [-0.15, -0.1) is 0 Å². The maximum absolute atomic E-state index is 5.63. The van der Waals surface area contributed by atoms with E-state index < -0.39 is 0 Å². The van der Waals surface area contributed by atoms with Crippen molar-refractivity contribution in [3.05, 3.63) is 36.5 Å². The van der Waals surface area contributed by atoms with Gasteiger partial charge in [-0.25, -0.2) is 4.42 Å². The molecule has 0 N–H and O–H groups in total. The minimum absolute atomic E-state index is 0.122. The topological polar surface area (TPSA) is 11.3 Å². The Labute approximate surface area is 73.8 Å². The summed E-state index contributed by atoms with van der Waals surface area (Å²) >= 11 is 0. The quantitative estimate of drug-likeness (QED) is 0.486. The molecule has 1 aliphatic rings. The van der Waals surface area contributed by atoms with E-state index in [1.807, 2.05) is 45.1 Å². The molecule has 1 heteroatoms. The minimum Gasteiger partial charge on any atom is -0.250 e. The first-order chi connectivity index (χ1) is 5.47. The molecule has 12 heavy (non-hydrogen) atoms. The van der Waals surface area contributed by atoms with Crippen LogP contribution in [0.2, 0.25) is 0 Å². The van der Waals surface area contributed by atoms with Crippen LogP contribution in [-0.4, -0.2) is 11.4 Å². The molecule has 0 spiro atoms. The van der Waals surface area contributed by atoms with Crippen LogP contribution < -0.4 is 0 Å². The lowest BCUT2D eigenvalue weighted by Gasteiger charge is -2.01. The van der Waals surface area contributed by atoms with Gasteiger partial charge in [-0.1, -0.05) is 6.58 Å². The van der Waals surface area contributed by atoms with Gasteiger partial charge < -0.3 is 0 Å². The molecular formula is C11H15O+. The molecule has 0 unspecified atom stereocenters. The number of ketones is 1. The second-order valence-electron chi connectivity index (χ2n) is 3.86. The number of allylic oxidation sites excluding steroid dienone is 5. The number of hydrogen-bond acceptors (Lipinski definition) is 0. The summed E-state index contributed by atoms with van der Waals surface area (Å²) in [6, 6.07) is 0. The molecule has 0 aromatic carbocycles. The third kappa shape index (κ3) is 2.87. The average molecular weight is 163 g/mol. The summed E-state index contributed by atoms with van der Waals surface area (Å²) in [4.78, 5) is 0. The first-order valence-corrected chi connectivity index (χ1v) is 4.08. The van der Waals surface area contributed by atoms with Crippen LogP contribution in [0.15, 0.2) is 36.5 Å². The smallest absolute Gasteiger partial charge is 0.250 e. The summed E-state index contributed by atoms with van der Waals surface area (Å²) in [5, 5.41) is 0. The first-order valence-electron chi connectivity index (χ1n) is 4.08. The molecule has 0 heterocycles. The van der Waals surface area contributed by atoms with E-state index in [1.54, 1.807) is 0 Å². The van der Waals surface area contributed by atoms with Crippen molar-refractivity contribution < 1.29 is 4.42 Å². The molecule has 0 aromatic heterocycles. The lowest BCUT2D eigenvalue weighted by Crippen LogP contribution is -2.18. The van der Waals surface area contributed by atoms with Crippen LogP contribution >= 0.6 is 0 Å². The second-order valence-corrected chi connectivity index (χ2v) is 3.86. The molecule has 0 aliphatic heterocycles. The largest absolute Gasteiger partial charge is 0.344 e. The summed E-state index contributed by atoms with van der Waals surface area (Å²) in [5.41, 5.74) is 0.888. The summed E-state index contributed by atoms with van der Waals surface area (Å²) in [6.45, 7) is 9.90. The van der Waals surface area contributed by atoms with E-state index in [4.69, 9.17) is 4.42 Å². The van der Waals surface area contributed by atoms with Crippen LogP contribution in [0.5, 0.6) is 0 Å². The zero-order valence-corrected chi connectivity index (χ0v) is 7.92. The Morgan fingerprint density at radius 2 is 1.58 bits per heavy atom. The normalized spacial score (nSPS) is 16.9. The zero-order chi connectivity index (χ0) is 9.19. The Hall–Kier alpha value is -1.11. The highest BCUT2D eigenvalue weighted by atomic mass is 16.4. The summed E-state index contributed by atoms with van der Waals surface area (Å²) in [6.07, 6.45) is 7.77. The minimum atomic E-state index is -0.122. The van der Waals surface area contributed by atoms with Crippen LogP contribution in [0.4, 0.5) is 0 Å². The lowest BCUT2D eigenvalue weighted by atomic mass is 10.1. The van der Waals surface area contributed by atoms with Crippen LogP contribution in [0.3, 0.4) is 0 Å². The Balaban J connectivity index is 2.81. The average Bonchev–Trinajstić information content (AvgIpc) is 1.91. The molecule has 0 radical (unpaired) electrons. The summed E-state index contributed by atoms with van der Waals surface area (Å²) in [7, 11) is 0. The van der Waals surface area contributed by atoms with E-state index in [1.165, 1.54) is 0 Å². The first kappa shape index (κ1) is 8.98. The fourth-order valence-corrected chi connectivity index (χ4v) is 0.911. The molecule has 0 saturated heterocycles. The molecular weight excluding hydrogens is 148 g/mol. The molecule has 1 rings (SSSR count). The van der Waals surface area contributed by atoms with Crippen LogP contribution in [-0.2, 0) is 4.42 Å². The van der Waals surface area contributed by atoms with E-state index >= 15 is 0 Å². The highest BCUT2D eigenvalue weighted by molar-refractivity contribution is 6.01. The zero-order valence-electron chi connectivity index (χ0n) is 7.92. The highest BCUT2D eigenvalue weighted by Gasteiger charge is 2.22. The predicted octanol–water partition coefficient (Wildman–Crippen LogP) is 2.57. The van der Waals surface area contributed by atoms with Crippen molar-refractivity contribution in [2.75, 3.05) is 0 Å². The van der Waals surface area contributed by atoms with Crippen molar-refractivity contribution in [2.45, 2.75) is 26.4 Å². The van der Waals surface area contributed by atoms with Crippen molar-refractivity contribution in [1.29, 1.82) is 0 Å². The molecule has 1 aliphatic carbocycles. The Kier molecular flexibility index (Phi) is 2.32. The molecule has 0 atom stereocenters. The Morgan fingerprint density at radius 1 is 1.08 bits per heavy atom. The van der Waals surface area contributed by atoms with Gasteiger partial charge in [-0.2, -0.15) is 0 Å². The van der Waals surface area contributed by atoms with Crippen molar-refractivity contribution in [3.8, 4) is 0 Å². The van der Waals surface area contributed by atoms with Gasteiger partial charge in [0.05, 0.1) is 0 Å². The Morgan fingerprint density at radius 3 is 2.00 bits per heavy atom. The second kappa shape index (κ2) is 3.10. The van der Waals surface area contributed by atoms with Gasteiger partial charge in [0.2, 0.25) is 0 Å². The third-order valence-electron chi connectivity index (χ3n) is 1.35. The number of rotatable bonds is 0. The number of hydrogen-bond donors (Lipinski definition) is 0. The molecule has 0 bridgehead atoms. The van der Waals surface area contributed by atoms with Gasteiger partial charge in [0.1, 0.15) is 0 Å². The fraction of sp³-hybridized carbons (Fsp3) is 0.364. The van der Waals surface area contributed by atoms with Crippen LogP contribution in [0.25, 0.3) is 0 Å². The van der Waals surface area contributed by atoms with E-state index in [-0.39, 0.29) is 5.60 Å². The van der Waals surface area contributed by atoms with E-state index in [2.05, 4.69) is 6.58 Å². The van der Waals surface area contributed by atoms with Crippen LogP contribution in [0.1, 0.15) is 20.8 Å². The maximum atomic E-state index is 5.63.